The van der Waals surface area contributed by atoms with Gasteiger partial charge in [-0.05, 0) is 37.7 Å². The number of nitrogens with zero attached hydrogens (tertiary/aromatic N) is 2. The second kappa shape index (κ2) is 6.29. The summed E-state index contributed by atoms with van der Waals surface area (Å²) in [5, 5.41) is 13.6. The third kappa shape index (κ3) is 2.63. The van der Waals surface area contributed by atoms with E-state index in [1.54, 1.807) is 6.07 Å². The SMILES string of the molecule is C[C@H](C(=O)Nc1ccccc1[N+](=O)[O-])N1C(=O)[C@H]2[C@H](C1=O)[C@H]1C=C[C@H]2CC1. The van der Waals surface area contributed by atoms with Gasteiger partial charge in [0, 0.05) is 6.07 Å². The molecule has 3 amide bonds. The molecule has 5 rings (SSSR count). The van der Waals surface area contributed by atoms with Crippen LogP contribution in [-0.2, 0) is 14.4 Å². The number of likely N-dealkylation sites (tertiary alicyclic amines) is 1. The van der Waals surface area contributed by atoms with Gasteiger partial charge >= 0.3 is 0 Å². The van der Waals surface area contributed by atoms with E-state index in [-0.39, 0.29) is 46.9 Å². The lowest BCUT2D eigenvalue weighted by atomic mass is 9.63. The molecular weight excluding hydrogens is 350 g/mol. The fourth-order valence-electron chi connectivity index (χ4n) is 4.57. The highest BCUT2D eigenvalue weighted by atomic mass is 16.6. The molecule has 1 aromatic rings. The van der Waals surface area contributed by atoms with Gasteiger partial charge in [0.1, 0.15) is 11.7 Å². The minimum atomic E-state index is -1.03. The molecule has 3 aliphatic carbocycles. The number of anilines is 1. The van der Waals surface area contributed by atoms with Crippen LogP contribution in [0.3, 0.4) is 0 Å². The molecule has 140 valence electrons. The third-order valence-electron chi connectivity index (χ3n) is 5.92. The number of hydrogen-bond donors (Lipinski definition) is 1. The number of amides is 3. The summed E-state index contributed by atoms with van der Waals surface area (Å²) in [6.07, 6.45) is 5.79. The first-order valence-corrected chi connectivity index (χ1v) is 8.99. The van der Waals surface area contributed by atoms with Gasteiger partial charge in [-0.2, -0.15) is 0 Å². The Kier molecular flexibility index (Phi) is 4.05. The van der Waals surface area contributed by atoms with Crippen LogP contribution in [0, 0.1) is 33.8 Å². The number of nitro groups is 1. The number of imide groups is 1. The molecule has 1 aromatic carbocycles. The second-order valence-corrected chi connectivity index (χ2v) is 7.33. The molecule has 1 heterocycles. The smallest absolute Gasteiger partial charge is 0.292 e. The minimum Gasteiger partial charge on any atom is -0.319 e. The summed E-state index contributed by atoms with van der Waals surface area (Å²) in [6.45, 7) is 1.48. The van der Waals surface area contributed by atoms with Crippen molar-refractivity contribution in [1.29, 1.82) is 0 Å². The highest BCUT2D eigenvalue weighted by Gasteiger charge is 2.58. The summed E-state index contributed by atoms with van der Waals surface area (Å²) >= 11 is 0. The van der Waals surface area contributed by atoms with Gasteiger partial charge in [0.05, 0.1) is 16.8 Å². The molecular formula is C19H19N3O5. The number of fused-ring (bicyclic) bond motifs is 1. The van der Waals surface area contributed by atoms with Crippen molar-refractivity contribution in [2.24, 2.45) is 23.7 Å². The molecule has 4 aliphatic rings. The second-order valence-electron chi connectivity index (χ2n) is 7.33. The average molecular weight is 369 g/mol. The number of para-hydroxylation sites is 2. The summed E-state index contributed by atoms with van der Waals surface area (Å²) in [6, 6.07) is 4.73. The molecule has 0 unspecified atom stereocenters. The zero-order chi connectivity index (χ0) is 19.3. The molecule has 2 bridgehead atoms. The molecule has 1 saturated carbocycles. The lowest BCUT2D eigenvalue weighted by Gasteiger charge is -2.38. The number of carbonyl (C=O) groups excluding carboxylic acids is 3. The standard InChI is InChI=1S/C19H19N3O5/c1-10(17(23)20-13-4-2-3-5-14(13)22(26)27)21-18(24)15-11-6-7-12(9-8-11)16(15)19(21)25/h2-7,10-12,15-16H,8-9H2,1H3,(H,20,23)/t10-,11+,12+,15-,16-/m1/s1. The van der Waals surface area contributed by atoms with Gasteiger partial charge in [-0.15, -0.1) is 0 Å². The van der Waals surface area contributed by atoms with Gasteiger partial charge in [-0.1, -0.05) is 24.3 Å². The van der Waals surface area contributed by atoms with Crippen molar-refractivity contribution in [1.82, 2.24) is 4.90 Å². The predicted octanol–water partition coefficient (Wildman–Crippen LogP) is 2.12. The Hall–Kier alpha value is -3.03. The zero-order valence-electron chi connectivity index (χ0n) is 14.7. The van der Waals surface area contributed by atoms with Crippen molar-refractivity contribution in [2.45, 2.75) is 25.8 Å². The minimum absolute atomic E-state index is 0.0394. The Balaban J connectivity index is 1.56. The molecule has 0 spiro atoms. The van der Waals surface area contributed by atoms with Crippen LogP contribution in [-0.4, -0.2) is 33.6 Å². The van der Waals surface area contributed by atoms with Crippen molar-refractivity contribution in [3.05, 3.63) is 46.5 Å². The number of benzene rings is 1. The molecule has 2 fully saturated rings. The Labute approximate surface area is 155 Å². The van der Waals surface area contributed by atoms with Crippen LogP contribution in [0.1, 0.15) is 19.8 Å². The van der Waals surface area contributed by atoms with Crippen molar-refractivity contribution < 1.29 is 19.3 Å². The summed E-state index contributed by atoms with van der Waals surface area (Å²) in [7, 11) is 0. The van der Waals surface area contributed by atoms with Crippen molar-refractivity contribution in [3.63, 3.8) is 0 Å². The molecule has 0 radical (unpaired) electrons. The Bertz CT molecular complexity index is 848. The van der Waals surface area contributed by atoms with Crippen LogP contribution >= 0.6 is 0 Å². The first-order valence-electron chi connectivity index (χ1n) is 8.99. The third-order valence-corrected chi connectivity index (χ3v) is 5.92. The fourth-order valence-corrected chi connectivity index (χ4v) is 4.57. The monoisotopic (exact) mass is 369 g/mol. The zero-order valence-corrected chi connectivity index (χ0v) is 14.7. The van der Waals surface area contributed by atoms with Gasteiger partial charge < -0.3 is 5.32 Å². The highest BCUT2D eigenvalue weighted by molar-refractivity contribution is 6.10. The fraction of sp³-hybridized carbons (Fsp3) is 0.421. The lowest BCUT2D eigenvalue weighted by molar-refractivity contribution is -0.383. The van der Waals surface area contributed by atoms with Gasteiger partial charge in [0.2, 0.25) is 17.7 Å². The Morgan fingerprint density at radius 3 is 2.22 bits per heavy atom. The van der Waals surface area contributed by atoms with E-state index in [4.69, 9.17) is 0 Å². The van der Waals surface area contributed by atoms with E-state index in [1.807, 2.05) is 12.2 Å². The summed E-state index contributed by atoms with van der Waals surface area (Å²) < 4.78 is 0. The van der Waals surface area contributed by atoms with Gasteiger partial charge in [-0.3, -0.25) is 29.4 Å². The number of nitrogens with one attached hydrogen (secondary N) is 1. The highest BCUT2D eigenvalue weighted by Crippen LogP contribution is 2.50. The van der Waals surface area contributed by atoms with Gasteiger partial charge in [0.25, 0.3) is 5.69 Å². The van der Waals surface area contributed by atoms with Crippen LogP contribution < -0.4 is 5.32 Å². The van der Waals surface area contributed by atoms with Crippen molar-refractivity contribution in [3.8, 4) is 0 Å². The maximum atomic E-state index is 12.9. The number of rotatable bonds is 4. The Morgan fingerprint density at radius 1 is 1.15 bits per heavy atom. The molecule has 0 aromatic heterocycles. The molecule has 1 aliphatic heterocycles. The van der Waals surface area contributed by atoms with E-state index in [9.17, 15) is 24.5 Å². The molecule has 5 atom stereocenters. The first kappa shape index (κ1) is 17.4. The van der Waals surface area contributed by atoms with Gasteiger partial charge in [0.15, 0.2) is 0 Å². The number of allylic oxidation sites excluding steroid dienone is 2. The van der Waals surface area contributed by atoms with Crippen molar-refractivity contribution in [2.75, 3.05) is 5.32 Å². The van der Waals surface area contributed by atoms with Crippen molar-refractivity contribution >= 4 is 29.1 Å². The Morgan fingerprint density at radius 2 is 1.70 bits per heavy atom. The maximum Gasteiger partial charge on any atom is 0.292 e. The van der Waals surface area contributed by atoms with E-state index in [1.165, 1.54) is 25.1 Å². The molecule has 27 heavy (non-hydrogen) atoms. The average Bonchev–Trinajstić information content (AvgIpc) is 2.95. The molecule has 1 saturated heterocycles. The summed E-state index contributed by atoms with van der Waals surface area (Å²) in [4.78, 5) is 50.0. The van der Waals surface area contributed by atoms with Crippen LogP contribution in [0.25, 0.3) is 0 Å². The molecule has 8 nitrogen and oxygen atoms in total. The lowest BCUT2D eigenvalue weighted by Crippen LogP contribution is -2.46. The summed E-state index contributed by atoms with van der Waals surface area (Å²) in [5.74, 6) is -1.92. The molecule has 8 heteroatoms. The molecule has 1 N–H and O–H groups in total. The first-order chi connectivity index (χ1) is 12.9. The van der Waals surface area contributed by atoms with E-state index >= 15 is 0 Å². The predicted molar refractivity (Wildman–Crippen MR) is 95.4 cm³/mol. The quantitative estimate of drug-likeness (QED) is 0.378. The van der Waals surface area contributed by atoms with Crippen LogP contribution in [0.2, 0.25) is 0 Å². The topological polar surface area (TPSA) is 110 Å². The van der Waals surface area contributed by atoms with Crippen LogP contribution in [0.4, 0.5) is 11.4 Å². The van der Waals surface area contributed by atoms with E-state index in [0.29, 0.717) is 0 Å². The van der Waals surface area contributed by atoms with E-state index < -0.39 is 16.9 Å². The van der Waals surface area contributed by atoms with Crippen LogP contribution in [0.15, 0.2) is 36.4 Å². The van der Waals surface area contributed by atoms with E-state index in [0.717, 1.165) is 17.7 Å². The normalized spacial score (nSPS) is 29.6. The van der Waals surface area contributed by atoms with E-state index in [2.05, 4.69) is 5.32 Å². The summed E-state index contributed by atoms with van der Waals surface area (Å²) in [5.41, 5.74) is -0.203. The maximum absolute atomic E-state index is 12.9. The number of carbonyl (C=O) groups is 3. The number of nitro benzene ring substituents is 1. The largest absolute Gasteiger partial charge is 0.319 e. The number of hydrogen-bond acceptors (Lipinski definition) is 5. The van der Waals surface area contributed by atoms with Gasteiger partial charge in [-0.25, -0.2) is 0 Å². The van der Waals surface area contributed by atoms with Crippen LogP contribution in [0.5, 0.6) is 0 Å².